The number of ether oxygens (including phenoxy) is 1. The van der Waals surface area contributed by atoms with Gasteiger partial charge in [0.25, 0.3) is 0 Å². The summed E-state index contributed by atoms with van der Waals surface area (Å²) in [5.41, 5.74) is 22.2. The molecule has 15 atom stereocenters. The molecule has 0 aromatic rings. The summed E-state index contributed by atoms with van der Waals surface area (Å²) < 4.78 is 5.77. The maximum absolute atomic E-state index is 15.1. The summed E-state index contributed by atoms with van der Waals surface area (Å²) in [5.74, 6) is -24.7. The number of rotatable bonds is 50. The SMILES string of the molecule is CCCCCCCC(O)CC(=O)N[C@@H](CC(C)C)C(=O)N[C@@H](CCC(=O)O)C(=O)N[C@@H](CCC(N)=O)C(=O)N[C@H](C(=O)N[C@@H](CC(C)C)C(=O)N[C@@H](CCC(N)=O)C(=O)NC1COC(=O)C(CC(C)C)NC(=O)C(CCC(N)=O)NC(=O)C(CC(C)C)NC(=O)C(CCC(N)=O)NC(=O)C(CC(C)C)NC(=O)C(CC(C)C)NC(=O)C(C(C)C)NC1=O)C(C)C. The number of aliphatic carboxylic acids is 1. The number of hydrogen-bond donors (Lipinski definition) is 20. The normalized spacial score (nSPS) is 20.4. The number of aliphatic hydroxyl groups is 1. The minimum absolute atomic E-state index is 0.0352. The minimum atomic E-state index is -2.10. The van der Waals surface area contributed by atoms with E-state index in [0.29, 0.717) is 12.8 Å². The van der Waals surface area contributed by atoms with E-state index in [1.165, 1.54) is 27.7 Å². The number of carboxylic acid groups (broad SMARTS) is 1. The summed E-state index contributed by atoms with van der Waals surface area (Å²) in [6.45, 7) is 27.3. The Morgan fingerprint density at radius 3 is 1.13 bits per heavy atom. The number of hydrogen-bond acceptors (Lipinski definition) is 22. The first kappa shape index (κ1) is 112. The number of nitrogens with two attached hydrogens (primary N) is 4. The second-order valence-corrected chi connectivity index (χ2v) is 35.7. The Kier molecular flexibility index (Phi) is 52.0. The lowest BCUT2D eigenvalue weighted by molar-refractivity contribution is -0.151. The Labute approximate surface area is 733 Å². The van der Waals surface area contributed by atoms with E-state index in [9.17, 15) is 96.5 Å². The van der Waals surface area contributed by atoms with Gasteiger partial charge in [0, 0.05) is 32.1 Å². The zero-order chi connectivity index (χ0) is 95.4. The molecule has 0 aliphatic carbocycles. The average molecular weight is 1780 g/mol. The molecule has 1 aliphatic heterocycles. The highest BCUT2D eigenvalue weighted by Crippen LogP contribution is 2.19. The van der Waals surface area contributed by atoms with Crippen LogP contribution >= 0.6 is 0 Å². The predicted molar refractivity (Wildman–Crippen MR) is 459 cm³/mol. The Balaban J connectivity index is 4.22. The van der Waals surface area contributed by atoms with Crippen LogP contribution in [0.5, 0.6) is 0 Å². The summed E-state index contributed by atoms with van der Waals surface area (Å²) in [6.07, 6.45) is -2.64. The van der Waals surface area contributed by atoms with Gasteiger partial charge in [-0.05, 0) is 124 Å². The third-order valence-corrected chi connectivity index (χ3v) is 20.1. The fourth-order valence-corrected chi connectivity index (χ4v) is 13.5. The van der Waals surface area contributed by atoms with Crippen molar-refractivity contribution in [2.45, 2.75) is 356 Å². The summed E-state index contributed by atoms with van der Waals surface area (Å²) in [7, 11) is 0. The number of nitrogens with one attached hydrogen (secondary N) is 14. The van der Waals surface area contributed by atoms with Gasteiger partial charge >= 0.3 is 11.9 Å². The first-order valence-electron chi connectivity index (χ1n) is 43.7. The molecule has 1 aliphatic rings. The highest BCUT2D eigenvalue weighted by Gasteiger charge is 2.41. The van der Waals surface area contributed by atoms with Crippen LogP contribution in [0.15, 0.2) is 0 Å². The number of aliphatic hydroxyl groups excluding tert-OH is 1. The van der Waals surface area contributed by atoms with Crippen LogP contribution in [0, 0.1) is 47.3 Å². The maximum atomic E-state index is 15.1. The average Bonchev–Trinajstić information content (AvgIpc) is 1.10. The van der Waals surface area contributed by atoms with Gasteiger partial charge in [0.2, 0.25) is 106 Å². The maximum Gasteiger partial charge on any atom is 0.328 e. The van der Waals surface area contributed by atoms with Gasteiger partial charge in [-0.15, -0.1) is 0 Å². The van der Waals surface area contributed by atoms with Crippen molar-refractivity contribution in [3.8, 4) is 0 Å². The van der Waals surface area contributed by atoms with Gasteiger partial charge in [-0.1, -0.05) is 150 Å². The first-order chi connectivity index (χ1) is 58.2. The van der Waals surface area contributed by atoms with Crippen LogP contribution in [0.2, 0.25) is 0 Å². The highest BCUT2D eigenvalue weighted by atomic mass is 16.5. The van der Waals surface area contributed by atoms with Crippen molar-refractivity contribution >= 4 is 118 Å². The standard InChI is InChI=1S/C84H146N18O23/c1-18-19-20-21-22-23-50(103)40-67(108)89-56(34-42(2)3)76(116)94-55(28-33-68(109)110)71(111)90-54(27-32-66(88)107)75(115)101-69(48(14)15)82(122)97-59(37-45(8)9)79(119)93-53(26-31-65(87)106)74(114)100-62-41-125-84(124)61(39-47(12)13)99-73(113)52(25-30-64(86)105)92-77(117)57(35-43(4)5)95-72(112)51(24-29-63(85)104)91-78(118)58(36-44(6)7)96-80(120)60(38-46(10)11)98-83(123)70(49(16)17)102-81(62)121/h42-62,69-70,103H,18-41H2,1-17H3,(H2,85,104)(H2,86,105)(H2,87,106)(H2,88,107)(H,89,108)(H,90,111)(H,91,118)(H,92,117)(H,93,119)(H,94,116)(H,95,112)(H,96,120)(H,97,122)(H,98,123)(H,99,113)(H,100,114)(H,101,115)(H,102,121)(H,109,110)/t50?,51?,52?,53-,54-,55-,56-,57?,58?,59-,60?,61?,62?,69-,70?/m0/s1. The molecule has 710 valence electrons. The lowest BCUT2D eigenvalue weighted by atomic mass is 9.98. The summed E-state index contributed by atoms with van der Waals surface area (Å²) in [6, 6.07) is -22.9. The van der Waals surface area contributed by atoms with Gasteiger partial charge in [-0.25, -0.2) is 4.79 Å². The third kappa shape index (κ3) is 46.2. The molecular weight excluding hydrogens is 1630 g/mol. The molecule has 0 bridgehead atoms. The van der Waals surface area contributed by atoms with E-state index in [1.54, 1.807) is 83.1 Å². The van der Waals surface area contributed by atoms with E-state index in [1.807, 2.05) is 0 Å². The third-order valence-electron chi connectivity index (χ3n) is 20.1. The molecule has 0 saturated carbocycles. The van der Waals surface area contributed by atoms with Crippen molar-refractivity contribution in [1.82, 2.24) is 74.4 Å². The monoisotopic (exact) mass is 1780 g/mol. The highest BCUT2D eigenvalue weighted by molar-refractivity contribution is 6.01. The van der Waals surface area contributed by atoms with E-state index in [0.717, 1.165) is 25.7 Å². The van der Waals surface area contributed by atoms with Crippen LogP contribution in [0.3, 0.4) is 0 Å². The molecule has 1 heterocycles. The zero-order valence-corrected chi connectivity index (χ0v) is 76.0. The molecule has 0 aromatic carbocycles. The number of carboxylic acids is 1. The van der Waals surface area contributed by atoms with E-state index >= 15 is 9.59 Å². The van der Waals surface area contributed by atoms with E-state index in [2.05, 4.69) is 81.4 Å². The van der Waals surface area contributed by atoms with Gasteiger partial charge in [0.1, 0.15) is 91.2 Å². The molecule has 0 spiro atoms. The molecule has 1 saturated heterocycles. The van der Waals surface area contributed by atoms with Gasteiger partial charge in [-0.2, -0.15) is 0 Å². The van der Waals surface area contributed by atoms with Crippen LogP contribution in [-0.4, -0.2) is 226 Å². The molecule has 41 heteroatoms. The fourth-order valence-electron chi connectivity index (χ4n) is 13.5. The number of unbranched alkanes of at least 4 members (excludes halogenated alkanes) is 4. The van der Waals surface area contributed by atoms with Crippen molar-refractivity contribution in [2.75, 3.05) is 6.61 Å². The molecule has 41 nitrogen and oxygen atoms in total. The molecule has 0 radical (unpaired) electrons. The van der Waals surface area contributed by atoms with Gasteiger partial charge in [0.15, 0.2) is 0 Å². The lowest BCUT2D eigenvalue weighted by Gasteiger charge is -2.30. The van der Waals surface area contributed by atoms with E-state index < -0.39 is 303 Å². The molecular formula is C84H146N18O23. The number of primary amides is 4. The molecule has 0 aromatic heterocycles. The fraction of sp³-hybridized carbons (Fsp3) is 0.762. The molecule has 1 rings (SSSR count). The Bertz CT molecular complexity index is 3630. The smallest absolute Gasteiger partial charge is 0.328 e. The number of cyclic esters (lactones) is 1. The van der Waals surface area contributed by atoms with E-state index in [4.69, 9.17) is 27.7 Å². The van der Waals surface area contributed by atoms with Crippen molar-refractivity contribution < 1.29 is 111 Å². The second kappa shape index (κ2) is 57.8. The first-order valence-corrected chi connectivity index (χ1v) is 43.7. The van der Waals surface area contributed by atoms with Crippen LogP contribution in [-0.2, 0) is 101 Å². The van der Waals surface area contributed by atoms with Crippen molar-refractivity contribution in [1.29, 1.82) is 0 Å². The molecule has 1 fully saturated rings. The Morgan fingerprint density at radius 2 is 0.736 bits per heavy atom. The van der Waals surface area contributed by atoms with Crippen molar-refractivity contribution in [3.05, 3.63) is 0 Å². The topological polar surface area (TPSA) is 664 Å². The quantitative estimate of drug-likeness (QED) is 0.0255. The Hall–Kier alpha value is -10.6. The number of amides is 18. The molecule has 24 N–H and O–H groups in total. The Morgan fingerprint density at radius 1 is 0.384 bits per heavy atom. The number of carbonyl (C=O) groups excluding carboxylic acids is 19. The number of carbonyl (C=O) groups is 20. The molecule has 18 amide bonds. The summed E-state index contributed by atoms with van der Waals surface area (Å²) in [5, 5.41) is 56.0. The van der Waals surface area contributed by atoms with Crippen molar-refractivity contribution in [3.63, 3.8) is 0 Å². The van der Waals surface area contributed by atoms with Gasteiger partial charge < -0.3 is 112 Å². The predicted octanol–water partition coefficient (Wildman–Crippen LogP) is -1.04. The minimum Gasteiger partial charge on any atom is -0.481 e. The zero-order valence-electron chi connectivity index (χ0n) is 76.0. The molecule has 125 heavy (non-hydrogen) atoms. The van der Waals surface area contributed by atoms with Crippen molar-refractivity contribution in [2.24, 2.45) is 70.3 Å². The van der Waals surface area contributed by atoms with Gasteiger partial charge in [0.05, 0.1) is 12.5 Å². The summed E-state index contributed by atoms with van der Waals surface area (Å²) in [4.78, 5) is 279. The van der Waals surface area contributed by atoms with Crippen LogP contribution in [0.1, 0.15) is 265 Å². The second-order valence-electron chi connectivity index (χ2n) is 35.7. The molecule has 9 unspecified atom stereocenters. The van der Waals surface area contributed by atoms with Crippen LogP contribution < -0.4 is 97.4 Å². The van der Waals surface area contributed by atoms with Crippen LogP contribution in [0.25, 0.3) is 0 Å². The summed E-state index contributed by atoms with van der Waals surface area (Å²) >= 11 is 0. The van der Waals surface area contributed by atoms with Gasteiger partial charge in [-0.3, -0.25) is 91.1 Å². The van der Waals surface area contributed by atoms with E-state index in [-0.39, 0.29) is 68.6 Å². The number of esters is 1. The largest absolute Gasteiger partial charge is 0.481 e. The van der Waals surface area contributed by atoms with Crippen LogP contribution in [0.4, 0.5) is 0 Å². The lowest BCUT2D eigenvalue weighted by Crippen LogP contribution is -2.62.